The van der Waals surface area contributed by atoms with Crippen molar-refractivity contribution in [1.82, 2.24) is 10.2 Å². The summed E-state index contributed by atoms with van der Waals surface area (Å²) in [5.41, 5.74) is 2.98. The topological polar surface area (TPSA) is 49.4 Å². The van der Waals surface area contributed by atoms with E-state index >= 15 is 0 Å². The molecule has 1 N–H and O–H groups in total. The van der Waals surface area contributed by atoms with Crippen LogP contribution in [0.4, 0.5) is 9.18 Å². The van der Waals surface area contributed by atoms with Gasteiger partial charge in [-0.15, -0.1) is 0 Å². The number of hydrogen-bond acceptors (Lipinski definition) is 2. The summed E-state index contributed by atoms with van der Waals surface area (Å²) in [6.45, 7) is 4.33. The lowest BCUT2D eigenvalue weighted by atomic mass is 10.0. The van der Waals surface area contributed by atoms with E-state index in [1.165, 1.54) is 17.7 Å². The Morgan fingerprint density at radius 2 is 1.68 bits per heavy atom. The Balaban J connectivity index is 1.77. The van der Waals surface area contributed by atoms with Crippen LogP contribution in [0.5, 0.6) is 0 Å². The number of halogens is 1. The van der Waals surface area contributed by atoms with Crippen molar-refractivity contribution < 1.29 is 14.0 Å². The molecule has 2 aromatic carbocycles. The van der Waals surface area contributed by atoms with Crippen molar-refractivity contribution in [1.29, 1.82) is 0 Å². The zero-order valence-corrected chi connectivity index (χ0v) is 14.1. The summed E-state index contributed by atoms with van der Waals surface area (Å²) < 4.78 is 13.0. The standard InChI is InChI=1S/C20H19FN2O2/c1-13(2)16-7-3-14(4-8-16)11-18-19(24)23(20(25)22-18)12-15-5-9-17(21)10-6-15/h3-11,13H,12H2,1-2H3,(H,22,25). The van der Waals surface area contributed by atoms with Gasteiger partial charge in [0.05, 0.1) is 6.54 Å². The third kappa shape index (κ3) is 3.76. The Hall–Kier alpha value is -2.95. The van der Waals surface area contributed by atoms with Gasteiger partial charge in [-0.05, 0) is 40.8 Å². The number of benzene rings is 2. The zero-order chi connectivity index (χ0) is 18.0. The molecule has 4 nitrogen and oxygen atoms in total. The van der Waals surface area contributed by atoms with Crippen LogP contribution in [0.15, 0.2) is 54.2 Å². The molecular weight excluding hydrogens is 319 g/mol. The van der Waals surface area contributed by atoms with E-state index in [9.17, 15) is 14.0 Å². The summed E-state index contributed by atoms with van der Waals surface area (Å²) in [6, 6.07) is 13.1. The van der Waals surface area contributed by atoms with E-state index in [0.717, 1.165) is 10.5 Å². The summed E-state index contributed by atoms with van der Waals surface area (Å²) in [4.78, 5) is 25.7. The van der Waals surface area contributed by atoms with Crippen LogP contribution in [0, 0.1) is 5.82 Å². The lowest BCUT2D eigenvalue weighted by molar-refractivity contribution is -0.123. The van der Waals surface area contributed by atoms with Crippen molar-refractivity contribution in [2.45, 2.75) is 26.3 Å². The summed E-state index contributed by atoms with van der Waals surface area (Å²) in [7, 11) is 0. The maximum absolute atomic E-state index is 13.0. The minimum atomic E-state index is -0.473. The van der Waals surface area contributed by atoms with Crippen molar-refractivity contribution in [3.05, 3.63) is 76.7 Å². The highest BCUT2D eigenvalue weighted by molar-refractivity contribution is 6.13. The first-order valence-electron chi connectivity index (χ1n) is 8.13. The molecule has 1 aliphatic rings. The molecule has 0 atom stereocenters. The van der Waals surface area contributed by atoms with E-state index in [2.05, 4.69) is 19.2 Å². The van der Waals surface area contributed by atoms with Gasteiger partial charge in [-0.2, -0.15) is 0 Å². The van der Waals surface area contributed by atoms with Crippen molar-refractivity contribution in [3.8, 4) is 0 Å². The van der Waals surface area contributed by atoms with E-state index in [-0.39, 0.29) is 24.0 Å². The third-order valence-electron chi connectivity index (χ3n) is 4.13. The molecule has 3 amide bonds. The molecule has 2 aromatic rings. The number of urea groups is 1. The van der Waals surface area contributed by atoms with Crippen LogP contribution in [0.2, 0.25) is 0 Å². The Labute approximate surface area is 146 Å². The highest BCUT2D eigenvalue weighted by Crippen LogP contribution is 2.19. The molecule has 0 radical (unpaired) electrons. The highest BCUT2D eigenvalue weighted by atomic mass is 19.1. The van der Waals surface area contributed by atoms with Gasteiger partial charge in [0.1, 0.15) is 11.5 Å². The Morgan fingerprint density at radius 3 is 2.28 bits per heavy atom. The molecule has 0 spiro atoms. The van der Waals surface area contributed by atoms with Gasteiger partial charge < -0.3 is 5.32 Å². The fourth-order valence-electron chi connectivity index (χ4n) is 2.63. The van der Waals surface area contributed by atoms with Gasteiger partial charge in [0.25, 0.3) is 5.91 Å². The predicted octanol–water partition coefficient (Wildman–Crippen LogP) is 4.04. The number of carbonyl (C=O) groups is 2. The molecule has 3 rings (SSSR count). The second-order valence-corrected chi connectivity index (χ2v) is 6.33. The van der Waals surface area contributed by atoms with E-state index in [0.29, 0.717) is 11.5 Å². The minimum Gasteiger partial charge on any atom is -0.303 e. The smallest absolute Gasteiger partial charge is 0.303 e. The van der Waals surface area contributed by atoms with Crippen molar-refractivity contribution in [2.24, 2.45) is 0 Å². The molecule has 1 heterocycles. The van der Waals surface area contributed by atoms with Crippen LogP contribution in [0.1, 0.15) is 36.5 Å². The van der Waals surface area contributed by atoms with Gasteiger partial charge in [0, 0.05) is 0 Å². The molecule has 0 saturated carbocycles. The van der Waals surface area contributed by atoms with Crippen LogP contribution in [-0.4, -0.2) is 16.8 Å². The largest absolute Gasteiger partial charge is 0.329 e. The average Bonchev–Trinajstić information content (AvgIpc) is 2.85. The minimum absolute atomic E-state index is 0.106. The molecular formula is C20H19FN2O2. The van der Waals surface area contributed by atoms with Crippen LogP contribution in [0.25, 0.3) is 6.08 Å². The molecule has 25 heavy (non-hydrogen) atoms. The summed E-state index contributed by atoms with van der Waals surface area (Å²) >= 11 is 0. The zero-order valence-electron chi connectivity index (χ0n) is 14.1. The van der Waals surface area contributed by atoms with Gasteiger partial charge in [-0.3, -0.25) is 9.69 Å². The number of rotatable bonds is 4. The monoisotopic (exact) mass is 338 g/mol. The molecule has 0 unspecified atom stereocenters. The molecule has 5 heteroatoms. The number of nitrogens with zero attached hydrogens (tertiary/aromatic N) is 1. The summed E-state index contributed by atoms with van der Waals surface area (Å²) in [5.74, 6) is -0.311. The molecule has 0 aliphatic carbocycles. The maximum atomic E-state index is 13.0. The fourth-order valence-corrected chi connectivity index (χ4v) is 2.63. The normalized spacial score (nSPS) is 16.0. The van der Waals surface area contributed by atoms with Crippen molar-refractivity contribution in [2.75, 3.05) is 0 Å². The first-order valence-corrected chi connectivity index (χ1v) is 8.13. The van der Waals surface area contributed by atoms with Crippen molar-refractivity contribution in [3.63, 3.8) is 0 Å². The van der Waals surface area contributed by atoms with Gasteiger partial charge >= 0.3 is 6.03 Å². The number of amides is 3. The molecule has 1 fully saturated rings. The second-order valence-electron chi connectivity index (χ2n) is 6.33. The van der Waals surface area contributed by atoms with Crippen molar-refractivity contribution >= 4 is 18.0 Å². The number of imide groups is 1. The van der Waals surface area contributed by atoms with Gasteiger partial charge in [0.15, 0.2) is 0 Å². The van der Waals surface area contributed by atoms with E-state index in [4.69, 9.17) is 0 Å². The maximum Gasteiger partial charge on any atom is 0.329 e. The van der Waals surface area contributed by atoms with E-state index in [1.54, 1.807) is 18.2 Å². The lowest BCUT2D eigenvalue weighted by Crippen LogP contribution is -2.30. The Bertz CT molecular complexity index is 824. The summed E-state index contributed by atoms with van der Waals surface area (Å²) in [6.07, 6.45) is 1.66. The fraction of sp³-hybridized carbons (Fsp3) is 0.200. The van der Waals surface area contributed by atoms with Gasteiger partial charge in [0.2, 0.25) is 0 Å². The number of nitrogens with one attached hydrogen (secondary N) is 1. The second kappa shape index (κ2) is 6.89. The van der Waals surface area contributed by atoms with Crippen LogP contribution >= 0.6 is 0 Å². The molecule has 0 bridgehead atoms. The predicted molar refractivity (Wildman–Crippen MR) is 94.0 cm³/mol. The van der Waals surface area contributed by atoms with E-state index in [1.807, 2.05) is 24.3 Å². The Kier molecular flexibility index (Phi) is 4.65. The number of hydrogen-bond donors (Lipinski definition) is 1. The van der Waals surface area contributed by atoms with Crippen LogP contribution in [-0.2, 0) is 11.3 Å². The molecule has 0 aromatic heterocycles. The highest BCUT2D eigenvalue weighted by Gasteiger charge is 2.33. The lowest BCUT2D eigenvalue weighted by Gasteiger charge is -2.11. The van der Waals surface area contributed by atoms with Crippen LogP contribution in [0.3, 0.4) is 0 Å². The first-order chi connectivity index (χ1) is 11.9. The van der Waals surface area contributed by atoms with Gasteiger partial charge in [-0.25, -0.2) is 9.18 Å². The quantitative estimate of drug-likeness (QED) is 0.675. The SMILES string of the molecule is CC(C)c1ccc(C=C2NC(=O)N(Cc3ccc(F)cc3)C2=O)cc1. The number of carbonyl (C=O) groups excluding carboxylic acids is 2. The van der Waals surface area contributed by atoms with E-state index < -0.39 is 6.03 Å². The summed E-state index contributed by atoms with van der Waals surface area (Å²) in [5, 5.41) is 2.60. The first kappa shape index (κ1) is 16.9. The Morgan fingerprint density at radius 1 is 1.04 bits per heavy atom. The molecule has 1 saturated heterocycles. The molecule has 1 aliphatic heterocycles. The van der Waals surface area contributed by atoms with Gasteiger partial charge in [-0.1, -0.05) is 50.2 Å². The van der Waals surface area contributed by atoms with Crippen LogP contribution < -0.4 is 5.32 Å². The molecule has 128 valence electrons. The third-order valence-corrected chi connectivity index (χ3v) is 4.13. The average molecular weight is 338 g/mol.